The largest absolute Gasteiger partial charge is 0.362 e. The highest BCUT2D eigenvalue weighted by molar-refractivity contribution is 7.99. The highest BCUT2D eigenvalue weighted by Crippen LogP contribution is 2.14. The predicted molar refractivity (Wildman–Crippen MR) is 136 cm³/mol. The minimum absolute atomic E-state index is 0.734. The first kappa shape index (κ1) is 27.8. The molecular weight excluding hydrogens is 380 g/mol. The molecule has 0 aromatic heterocycles. The quantitative estimate of drug-likeness (QED) is 0.105. The summed E-state index contributed by atoms with van der Waals surface area (Å²) in [6.07, 6.45) is 24.9. The Morgan fingerprint density at radius 2 is 1.18 bits per heavy atom. The van der Waals surface area contributed by atoms with Gasteiger partial charge in [0.25, 0.3) is 0 Å². The number of rotatable bonds is 22. The lowest BCUT2D eigenvalue weighted by Gasteiger charge is -2.08. The molecule has 0 atom stereocenters. The average Bonchev–Trinajstić information content (AvgIpc) is 2.70. The van der Waals surface area contributed by atoms with Gasteiger partial charge < -0.3 is 10.6 Å². The lowest BCUT2D eigenvalue weighted by molar-refractivity contribution is 0.531. The lowest BCUT2D eigenvalue weighted by atomic mass is 10.0. The molecule has 0 saturated heterocycles. The van der Waals surface area contributed by atoms with Crippen LogP contribution in [0.25, 0.3) is 0 Å². The van der Waals surface area contributed by atoms with Gasteiger partial charge in [-0.05, 0) is 24.4 Å². The van der Waals surface area contributed by atoms with E-state index in [0.29, 0.717) is 0 Å². The van der Waals surface area contributed by atoms with Gasteiger partial charge in [-0.2, -0.15) is 11.8 Å². The minimum atomic E-state index is 0.734. The predicted octanol–water partition coefficient (Wildman–Crippen LogP) is 7.63. The zero-order valence-corrected chi connectivity index (χ0v) is 20.4. The zero-order valence-electron chi connectivity index (χ0n) is 18.7. The summed E-state index contributed by atoms with van der Waals surface area (Å²) in [5.74, 6) is 2.42. The number of thioether (sulfide) groups is 1. The Morgan fingerprint density at radius 3 is 1.64 bits per heavy atom. The second kappa shape index (κ2) is 24.8. The highest BCUT2D eigenvalue weighted by Gasteiger charge is 1.96. The molecule has 166 valence electrons. The van der Waals surface area contributed by atoms with Crippen LogP contribution in [0, 0.1) is 0 Å². The molecule has 0 aliphatic heterocycles. The number of unbranched alkanes of at least 4 members (excludes halogenated alkanes) is 15. The molecule has 0 aromatic rings. The van der Waals surface area contributed by atoms with Crippen LogP contribution in [0.2, 0.25) is 0 Å². The SMILES string of the molecule is C=CCNC(=S)NCCSCCCCCCCCCCCCCCCCCC. The number of nitrogens with one attached hydrogen (secondary N) is 2. The van der Waals surface area contributed by atoms with Crippen molar-refractivity contribution >= 4 is 29.1 Å². The summed E-state index contributed by atoms with van der Waals surface area (Å²) in [6.45, 7) is 7.65. The fraction of sp³-hybridized carbons (Fsp3) is 0.875. The maximum Gasteiger partial charge on any atom is 0.166 e. The Hall–Kier alpha value is -0.220. The third kappa shape index (κ3) is 23.8. The average molecular weight is 429 g/mol. The van der Waals surface area contributed by atoms with Crippen LogP contribution in [-0.4, -0.2) is 29.7 Å². The molecule has 0 aliphatic rings. The summed E-state index contributed by atoms with van der Waals surface area (Å²) in [7, 11) is 0. The molecule has 0 saturated carbocycles. The normalized spacial score (nSPS) is 10.8. The fourth-order valence-electron chi connectivity index (χ4n) is 3.32. The number of thiocarbonyl (C=S) groups is 1. The third-order valence-corrected chi connectivity index (χ3v) is 6.44. The summed E-state index contributed by atoms with van der Waals surface area (Å²) in [6, 6.07) is 0. The van der Waals surface area contributed by atoms with Gasteiger partial charge in [-0.15, -0.1) is 6.58 Å². The van der Waals surface area contributed by atoms with Crippen LogP contribution >= 0.6 is 24.0 Å². The standard InChI is InChI=1S/C24H48N2S2/c1-3-5-6-7-8-9-10-11-12-13-14-15-16-17-18-19-22-28-23-21-26-24(27)25-20-4-2/h4H,2-3,5-23H2,1H3,(H2,25,26,27). The molecule has 0 fully saturated rings. The van der Waals surface area contributed by atoms with E-state index in [0.717, 1.165) is 24.0 Å². The molecule has 2 N–H and O–H groups in total. The van der Waals surface area contributed by atoms with Crippen LogP contribution in [0.1, 0.15) is 110 Å². The first-order valence-electron chi connectivity index (χ1n) is 12.0. The van der Waals surface area contributed by atoms with E-state index in [9.17, 15) is 0 Å². The molecule has 0 amide bonds. The molecule has 0 aromatic carbocycles. The van der Waals surface area contributed by atoms with Crippen molar-refractivity contribution in [1.82, 2.24) is 10.6 Å². The Bertz CT molecular complexity index is 335. The maximum absolute atomic E-state index is 5.16. The molecule has 0 bridgehead atoms. The van der Waals surface area contributed by atoms with Gasteiger partial charge in [0, 0.05) is 18.8 Å². The minimum Gasteiger partial charge on any atom is -0.362 e. The topological polar surface area (TPSA) is 24.1 Å². The van der Waals surface area contributed by atoms with Crippen LogP contribution in [0.4, 0.5) is 0 Å². The molecular formula is C24H48N2S2. The summed E-state index contributed by atoms with van der Waals surface area (Å²) >= 11 is 7.20. The maximum atomic E-state index is 5.16. The monoisotopic (exact) mass is 428 g/mol. The van der Waals surface area contributed by atoms with E-state index >= 15 is 0 Å². The molecule has 0 heterocycles. The highest BCUT2D eigenvalue weighted by atomic mass is 32.2. The van der Waals surface area contributed by atoms with Crippen LogP contribution in [-0.2, 0) is 0 Å². The molecule has 28 heavy (non-hydrogen) atoms. The summed E-state index contributed by atoms with van der Waals surface area (Å²) < 4.78 is 0. The van der Waals surface area contributed by atoms with E-state index in [1.54, 1.807) is 0 Å². The smallest absolute Gasteiger partial charge is 0.166 e. The van der Waals surface area contributed by atoms with Crippen molar-refractivity contribution in [2.75, 3.05) is 24.6 Å². The summed E-state index contributed by atoms with van der Waals surface area (Å²) in [5, 5.41) is 7.05. The number of hydrogen-bond acceptors (Lipinski definition) is 2. The van der Waals surface area contributed by atoms with E-state index in [1.807, 2.05) is 17.8 Å². The van der Waals surface area contributed by atoms with Gasteiger partial charge >= 0.3 is 0 Å². The van der Waals surface area contributed by atoms with Crippen molar-refractivity contribution in [3.05, 3.63) is 12.7 Å². The fourth-order valence-corrected chi connectivity index (χ4v) is 4.36. The van der Waals surface area contributed by atoms with Gasteiger partial charge in [0.15, 0.2) is 5.11 Å². The lowest BCUT2D eigenvalue weighted by Crippen LogP contribution is -2.36. The second-order valence-electron chi connectivity index (χ2n) is 7.84. The van der Waals surface area contributed by atoms with Crippen molar-refractivity contribution < 1.29 is 0 Å². The first-order chi connectivity index (χ1) is 13.8. The second-order valence-corrected chi connectivity index (χ2v) is 9.47. The molecule has 0 unspecified atom stereocenters. The molecule has 0 rings (SSSR count). The summed E-state index contributed by atoms with van der Waals surface area (Å²) in [4.78, 5) is 0. The summed E-state index contributed by atoms with van der Waals surface area (Å²) in [5.41, 5.74) is 0. The van der Waals surface area contributed by atoms with Gasteiger partial charge in [-0.3, -0.25) is 0 Å². The van der Waals surface area contributed by atoms with Crippen molar-refractivity contribution in [2.45, 2.75) is 110 Å². The van der Waals surface area contributed by atoms with E-state index in [1.165, 1.54) is 108 Å². The zero-order chi connectivity index (χ0) is 20.5. The van der Waals surface area contributed by atoms with Crippen LogP contribution in [0.5, 0.6) is 0 Å². The Kier molecular flexibility index (Phi) is 24.6. The van der Waals surface area contributed by atoms with Gasteiger partial charge in [-0.25, -0.2) is 0 Å². The third-order valence-electron chi connectivity index (χ3n) is 5.08. The van der Waals surface area contributed by atoms with Gasteiger partial charge in [0.2, 0.25) is 0 Å². The van der Waals surface area contributed by atoms with Crippen LogP contribution in [0.3, 0.4) is 0 Å². The van der Waals surface area contributed by atoms with Crippen molar-refractivity contribution in [3.8, 4) is 0 Å². The van der Waals surface area contributed by atoms with Gasteiger partial charge in [0.05, 0.1) is 0 Å². The molecule has 0 spiro atoms. The van der Waals surface area contributed by atoms with Gasteiger partial charge in [0.1, 0.15) is 0 Å². The van der Waals surface area contributed by atoms with Crippen molar-refractivity contribution in [1.29, 1.82) is 0 Å². The molecule has 4 heteroatoms. The van der Waals surface area contributed by atoms with E-state index in [2.05, 4.69) is 24.1 Å². The van der Waals surface area contributed by atoms with Crippen LogP contribution < -0.4 is 10.6 Å². The Balaban J connectivity index is 3.05. The van der Waals surface area contributed by atoms with Crippen molar-refractivity contribution in [2.24, 2.45) is 0 Å². The van der Waals surface area contributed by atoms with E-state index in [-0.39, 0.29) is 0 Å². The molecule has 0 radical (unpaired) electrons. The van der Waals surface area contributed by atoms with Gasteiger partial charge in [-0.1, -0.05) is 109 Å². The Labute approximate surface area is 186 Å². The van der Waals surface area contributed by atoms with E-state index < -0.39 is 0 Å². The van der Waals surface area contributed by atoms with Crippen molar-refractivity contribution in [3.63, 3.8) is 0 Å². The first-order valence-corrected chi connectivity index (χ1v) is 13.6. The molecule has 0 aliphatic carbocycles. The van der Waals surface area contributed by atoms with E-state index in [4.69, 9.17) is 12.2 Å². The Morgan fingerprint density at radius 1 is 0.714 bits per heavy atom. The number of hydrogen-bond donors (Lipinski definition) is 2. The molecule has 2 nitrogen and oxygen atoms in total. The van der Waals surface area contributed by atoms with Crippen LogP contribution in [0.15, 0.2) is 12.7 Å².